The van der Waals surface area contributed by atoms with Crippen LogP contribution >= 0.6 is 15.9 Å². The normalized spacial score (nSPS) is 16.0. The molecule has 0 radical (unpaired) electrons. The molecule has 0 aliphatic carbocycles. The van der Waals surface area contributed by atoms with Gasteiger partial charge in [-0.25, -0.2) is 4.98 Å². The maximum absolute atomic E-state index is 5.93. The van der Waals surface area contributed by atoms with Crippen LogP contribution in [0.5, 0.6) is 5.88 Å². The van der Waals surface area contributed by atoms with Gasteiger partial charge in [-0.1, -0.05) is 0 Å². The van der Waals surface area contributed by atoms with Crippen molar-refractivity contribution in [2.75, 3.05) is 18.0 Å². The monoisotopic (exact) mass is 348 g/mol. The van der Waals surface area contributed by atoms with Crippen molar-refractivity contribution in [1.82, 2.24) is 15.0 Å². The molecule has 2 aromatic rings. The fourth-order valence-corrected chi connectivity index (χ4v) is 3.01. The van der Waals surface area contributed by atoms with Gasteiger partial charge in [0.15, 0.2) is 0 Å². The zero-order valence-corrected chi connectivity index (χ0v) is 13.5. The van der Waals surface area contributed by atoms with E-state index >= 15 is 0 Å². The Morgan fingerprint density at radius 2 is 2.00 bits per heavy atom. The lowest BCUT2D eigenvalue weighted by Crippen LogP contribution is -2.38. The summed E-state index contributed by atoms with van der Waals surface area (Å²) in [6.07, 6.45) is 9.23. The van der Waals surface area contributed by atoms with Gasteiger partial charge in [-0.3, -0.25) is 9.97 Å². The molecular formula is C15H17BrN4O. The first kappa shape index (κ1) is 14.3. The van der Waals surface area contributed by atoms with E-state index in [1.54, 1.807) is 12.4 Å². The molecule has 0 N–H and O–H groups in total. The molecule has 5 nitrogen and oxygen atoms in total. The minimum Gasteiger partial charge on any atom is -0.473 e. The van der Waals surface area contributed by atoms with Gasteiger partial charge in [-0.2, -0.15) is 0 Å². The topological polar surface area (TPSA) is 51.1 Å². The van der Waals surface area contributed by atoms with Crippen LogP contribution in [0.15, 0.2) is 35.3 Å². The number of ether oxygens (including phenoxy) is 1. The number of pyridine rings is 1. The van der Waals surface area contributed by atoms with Crippen molar-refractivity contribution in [2.45, 2.75) is 25.9 Å². The van der Waals surface area contributed by atoms with Crippen molar-refractivity contribution in [2.24, 2.45) is 0 Å². The van der Waals surface area contributed by atoms with Gasteiger partial charge in [0.25, 0.3) is 0 Å². The third-order valence-electron chi connectivity index (χ3n) is 3.55. The molecular weight excluding hydrogens is 332 g/mol. The number of hydrogen-bond acceptors (Lipinski definition) is 5. The van der Waals surface area contributed by atoms with E-state index in [1.807, 2.05) is 25.4 Å². The average Bonchev–Trinajstić information content (AvgIpc) is 2.49. The number of halogens is 1. The highest BCUT2D eigenvalue weighted by molar-refractivity contribution is 9.10. The smallest absolute Gasteiger partial charge is 0.232 e. The summed E-state index contributed by atoms with van der Waals surface area (Å²) in [7, 11) is 0. The van der Waals surface area contributed by atoms with Crippen molar-refractivity contribution in [3.8, 4) is 5.88 Å². The molecule has 0 spiro atoms. The summed E-state index contributed by atoms with van der Waals surface area (Å²) in [4.78, 5) is 14.9. The van der Waals surface area contributed by atoms with Crippen LogP contribution in [0, 0.1) is 6.92 Å². The number of aryl methyl sites for hydroxylation is 1. The maximum atomic E-state index is 5.93. The van der Waals surface area contributed by atoms with Gasteiger partial charge in [0, 0.05) is 44.5 Å². The Hall–Kier alpha value is -1.69. The summed E-state index contributed by atoms with van der Waals surface area (Å²) < 4.78 is 6.96. The Balaban J connectivity index is 1.59. The molecule has 1 fully saturated rings. The van der Waals surface area contributed by atoms with Crippen LogP contribution < -0.4 is 9.64 Å². The molecule has 0 aromatic carbocycles. The Labute approximate surface area is 132 Å². The summed E-state index contributed by atoms with van der Waals surface area (Å²) in [5.74, 6) is 0.624. The average molecular weight is 349 g/mol. The Morgan fingerprint density at radius 1 is 1.19 bits per heavy atom. The van der Waals surface area contributed by atoms with E-state index in [9.17, 15) is 0 Å². The molecule has 0 amide bonds. The Bertz CT molecular complexity index is 614. The van der Waals surface area contributed by atoms with Crippen LogP contribution in [0.25, 0.3) is 0 Å². The number of piperidine rings is 1. The van der Waals surface area contributed by atoms with Crippen LogP contribution in [-0.4, -0.2) is 34.1 Å². The van der Waals surface area contributed by atoms with E-state index in [0.717, 1.165) is 36.1 Å². The SMILES string of the molecule is Cc1cncc(OC2CCN(c3ccncc3Br)CC2)n1. The second kappa shape index (κ2) is 6.39. The highest BCUT2D eigenvalue weighted by atomic mass is 79.9. The minimum atomic E-state index is 0.206. The summed E-state index contributed by atoms with van der Waals surface area (Å²) in [6, 6.07) is 2.04. The van der Waals surface area contributed by atoms with Crippen molar-refractivity contribution < 1.29 is 4.74 Å². The molecule has 3 heterocycles. The second-order valence-corrected chi connectivity index (χ2v) is 5.98. The largest absolute Gasteiger partial charge is 0.473 e. The minimum absolute atomic E-state index is 0.206. The summed E-state index contributed by atoms with van der Waals surface area (Å²) >= 11 is 3.55. The summed E-state index contributed by atoms with van der Waals surface area (Å²) in [5.41, 5.74) is 2.07. The van der Waals surface area contributed by atoms with E-state index in [4.69, 9.17) is 4.74 Å². The molecule has 0 bridgehead atoms. The van der Waals surface area contributed by atoms with Crippen molar-refractivity contribution in [1.29, 1.82) is 0 Å². The van der Waals surface area contributed by atoms with E-state index in [-0.39, 0.29) is 6.10 Å². The van der Waals surface area contributed by atoms with Gasteiger partial charge >= 0.3 is 0 Å². The highest BCUT2D eigenvalue weighted by Gasteiger charge is 2.22. The fourth-order valence-electron chi connectivity index (χ4n) is 2.51. The van der Waals surface area contributed by atoms with Crippen LogP contribution in [0.1, 0.15) is 18.5 Å². The van der Waals surface area contributed by atoms with Crippen molar-refractivity contribution in [3.05, 3.63) is 41.0 Å². The van der Waals surface area contributed by atoms with E-state index in [1.165, 1.54) is 5.69 Å². The zero-order valence-electron chi connectivity index (χ0n) is 11.9. The second-order valence-electron chi connectivity index (χ2n) is 5.13. The third-order valence-corrected chi connectivity index (χ3v) is 4.17. The first-order valence-electron chi connectivity index (χ1n) is 7.02. The predicted octanol–water partition coefficient (Wildman–Crippen LogP) is 2.99. The summed E-state index contributed by atoms with van der Waals surface area (Å²) in [5, 5.41) is 0. The first-order valence-corrected chi connectivity index (χ1v) is 7.81. The lowest BCUT2D eigenvalue weighted by atomic mass is 10.1. The molecule has 110 valence electrons. The first-order chi connectivity index (χ1) is 10.2. The molecule has 1 aliphatic rings. The van der Waals surface area contributed by atoms with Crippen LogP contribution in [0.2, 0.25) is 0 Å². The summed E-state index contributed by atoms with van der Waals surface area (Å²) in [6.45, 7) is 3.85. The van der Waals surface area contributed by atoms with E-state index in [2.05, 4.69) is 35.8 Å². The van der Waals surface area contributed by atoms with Crippen LogP contribution in [-0.2, 0) is 0 Å². The standard InChI is InChI=1S/C15H17BrN4O/c1-11-8-18-10-15(19-11)21-12-3-6-20(7-4-12)14-2-5-17-9-13(14)16/h2,5,8-10,12H,3-4,6-7H2,1H3. The lowest BCUT2D eigenvalue weighted by Gasteiger charge is -2.33. The molecule has 21 heavy (non-hydrogen) atoms. The van der Waals surface area contributed by atoms with Gasteiger partial charge in [-0.05, 0) is 28.9 Å². The Kier molecular flexibility index (Phi) is 4.34. The third kappa shape index (κ3) is 3.50. The molecule has 0 unspecified atom stereocenters. The van der Waals surface area contributed by atoms with E-state index < -0.39 is 0 Å². The Morgan fingerprint density at radius 3 is 2.71 bits per heavy atom. The predicted molar refractivity (Wildman–Crippen MR) is 84.6 cm³/mol. The molecule has 1 saturated heterocycles. The molecule has 1 aliphatic heterocycles. The van der Waals surface area contributed by atoms with Gasteiger partial charge in [-0.15, -0.1) is 0 Å². The number of nitrogens with zero attached hydrogens (tertiary/aromatic N) is 4. The van der Waals surface area contributed by atoms with Crippen molar-refractivity contribution >= 4 is 21.6 Å². The molecule has 3 rings (SSSR count). The maximum Gasteiger partial charge on any atom is 0.232 e. The van der Waals surface area contributed by atoms with Gasteiger partial charge in [0.05, 0.1) is 22.1 Å². The quantitative estimate of drug-likeness (QED) is 0.853. The lowest BCUT2D eigenvalue weighted by molar-refractivity contribution is 0.163. The van der Waals surface area contributed by atoms with Crippen LogP contribution in [0.3, 0.4) is 0 Å². The molecule has 0 atom stereocenters. The molecule has 2 aromatic heterocycles. The molecule has 0 saturated carbocycles. The van der Waals surface area contributed by atoms with E-state index in [0.29, 0.717) is 5.88 Å². The zero-order chi connectivity index (χ0) is 14.7. The fraction of sp³-hybridized carbons (Fsp3) is 0.400. The number of anilines is 1. The molecule has 6 heteroatoms. The number of rotatable bonds is 3. The van der Waals surface area contributed by atoms with Crippen molar-refractivity contribution in [3.63, 3.8) is 0 Å². The van der Waals surface area contributed by atoms with Gasteiger partial charge in [0.1, 0.15) is 6.10 Å². The number of hydrogen-bond donors (Lipinski definition) is 0. The van der Waals surface area contributed by atoms with Crippen LogP contribution in [0.4, 0.5) is 5.69 Å². The van der Waals surface area contributed by atoms with Gasteiger partial charge in [0.2, 0.25) is 5.88 Å². The van der Waals surface area contributed by atoms with Gasteiger partial charge < -0.3 is 9.64 Å². The highest BCUT2D eigenvalue weighted by Crippen LogP contribution is 2.28. The number of aromatic nitrogens is 3.